The molecule has 2 aromatic heterocycles. The zero-order valence-corrected chi connectivity index (χ0v) is 17.8. The number of carbonyl (C=O) groups is 1. The SMILES string of the molecule is Cc1ccc(-c2cc(C(=O)Nc3cc(C)n(Cc4ccc(Cl)c(Cl)c4)n3)no2)cc1. The molecular formula is C22H18Cl2N4O2. The quantitative estimate of drug-likeness (QED) is 0.427. The van der Waals surface area contributed by atoms with Crippen LogP contribution in [0.3, 0.4) is 0 Å². The molecule has 152 valence electrons. The van der Waals surface area contributed by atoms with Gasteiger partial charge in [0.05, 0.1) is 16.6 Å². The van der Waals surface area contributed by atoms with Crippen LogP contribution in [0.15, 0.2) is 59.1 Å². The van der Waals surface area contributed by atoms with E-state index >= 15 is 0 Å². The number of aryl methyl sites for hydroxylation is 2. The summed E-state index contributed by atoms with van der Waals surface area (Å²) in [5, 5.41) is 12.1. The molecule has 0 bridgehead atoms. The van der Waals surface area contributed by atoms with Crippen LogP contribution in [0, 0.1) is 13.8 Å². The van der Waals surface area contributed by atoms with Crippen LogP contribution in [0.1, 0.15) is 27.3 Å². The number of rotatable bonds is 5. The summed E-state index contributed by atoms with van der Waals surface area (Å²) in [5.41, 5.74) is 4.02. The lowest BCUT2D eigenvalue weighted by Crippen LogP contribution is -2.13. The second-order valence-electron chi connectivity index (χ2n) is 6.97. The molecule has 0 atom stereocenters. The first-order chi connectivity index (χ1) is 14.4. The lowest BCUT2D eigenvalue weighted by Gasteiger charge is -2.06. The minimum absolute atomic E-state index is 0.183. The predicted molar refractivity (Wildman–Crippen MR) is 117 cm³/mol. The Bertz CT molecular complexity index is 1210. The average molecular weight is 441 g/mol. The fourth-order valence-corrected chi connectivity index (χ4v) is 3.28. The van der Waals surface area contributed by atoms with Gasteiger partial charge in [-0.2, -0.15) is 5.10 Å². The molecule has 1 amide bonds. The van der Waals surface area contributed by atoms with Crippen molar-refractivity contribution >= 4 is 34.9 Å². The molecule has 0 unspecified atom stereocenters. The standard InChI is InChI=1S/C22H18Cl2N4O2/c1-13-3-6-16(7-4-13)20-11-19(27-30-20)22(29)25-21-9-14(2)28(26-21)12-15-5-8-17(23)18(24)10-15/h3-11H,12H2,1-2H3,(H,25,26,29). The summed E-state index contributed by atoms with van der Waals surface area (Å²) in [6.45, 7) is 4.41. The summed E-state index contributed by atoms with van der Waals surface area (Å²) in [6, 6.07) is 16.6. The first-order valence-corrected chi connectivity index (χ1v) is 9.98. The molecule has 0 aliphatic heterocycles. The highest BCUT2D eigenvalue weighted by Crippen LogP contribution is 2.24. The van der Waals surface area contributed by atoms with Crippen LogP contribution < -0.4 is 5.32 Å². The lowest BCUT2D eigenvalue weighted by atomic mass is 10.1. The second-order valence-corrected chi connectivity index (χ2v) is 7.79. The number of benzene rings is 2. The summed E-state index contributed by atoms with van der Waals surface area (Å²) >= 11 is 12.0. The fourth-order valence-electron chi connectivity index (χ4n) is 2.96. The van der Waals surface area contributed by atoms with Crippen molar-refractivity contribution in [3.8, 4) is 11.3 Å². The van der Waals surface area contributed by atoms with E-state index < -0.39 is 5.91 Å². The Morgan fingerprint density at radius 1 is 1.03 bits per heavy atom. The zero-order chi connectivity index (χ0) is 21.3. The normalized spacial score (nSPS) is 10.9. The number of hydrogen-bond donors (Lipinski definition) is 1. The molecule has 0 radical (unpaired) electrons. The molecule has 1 N–H and O–H groups in total. The van der Waals surface area contributed by atoms with Crippen LogP contribution in [0.4, 0.5) is 5.82 Å². The highest BCUT2D eigenvalue weighted by atomic mass is 35.5. The fraction of sp³-hybridized carbons (Fsp3) is 0.136. The van der Waals surface area contributed by atoms with Crippen LogP contribution >= 0.6 is 23.2 Å². The van der Waals surface area contributed by atoms with E-state index in [0.717, 1.165) is 22.4 Å². The Labute approximate surface area is 183 Å². The minimum Gasteiger partial charge on any atom is -0.355 e. The molecule has 2 heterocycles. The lowest BCUT2D eigenvalue weighted by molar-refractivity contribution is 0.101. The first-order valence-electron chi connectivity index (χ1n) is 9.22. The Hall–Kier alpha value is -3.09. The van der Waals surface area contributed by atoms with Crippen LogP contribution in [0.25, 0.3) is 11.3 Å². The summed E-state index contributed by atoms with van der Waals surface area (Å²) < 4.78 is 7.09. The summed E-state index contributed by atoms with van der Waals surface area (Å²) in [7, 11) is 0. The summed E-state index contributed by atoms with van der Waals surface area (Å²) in [5.74, 6) is 0.565. The number of anilines is 1. The van der Waals surface area contributed by atoms with Gasteiger partial charge < -0.3 is 9.84 Å². The molecule has 4 aromatic rings. The monoisotopic (exact) mass is 440 g/mol. The van der Waals surface area contributed by atoms with Crippen molar-refractivity contribution in [1.82, 2.24) is 14.9 Å². The minimum atomic E-state index is -0.392. The van der Waals surface area contributed by atoms with Gasteiger partial charge in [-0.25, -0.2) is 0 Å². The Morgan fingerprint density at radius 3 is 2.53 bits per heavy atom. The third kappa shape index (κ3) is 4.40. The van der Waals surface area contributed by atoms with Crippen LogP contribution in [0.5, 0.6) is 0 Å². The average Bonchev–Trinajstić information content (AvgIpc) is 3.33. The molecule has 8 heteroatoms. The number of hydrogen-bond acceptors (Lipinski definition) is 4. The van der Waals surface area contributed by atoms with E-state index in [4.69, 9.17) is 27.7 Å². The molecule has 0 fully saturated rings. The molecule has 0 saturated heterocycles. The number of aromatic nitrogens is 3. The van der Waals surface area contributed by atoms with Crippen molar-refractivity contribution < 1.29 is 9.32 Å². The van der Waals surface area contributed by atoms with E-state index in [0.29, 0.717) is 28.2 Å². The van der Waals surface area contributed by atoms with Crippen LogP contribution in [-0.2, 0) is 6.54 Å². The third-order valence-corrected chi connectivity index (χ3v) is 5.36. The third-order valence-electron chi connectivity index (χ3n) is 4.62. The van der Waals surface area contributed by atoms with Crippen molar-refractivity contribution in [3.05, 3.63) is 87.2 Å². The van der Waals surface area contributed by atoms with E-state index in [1.165, 1.54) is 0 Å². The maximum absolute atomic E-state index is 12.6. The van der Waals surface area contributed by atoms with Crippen LogP contribution in [-0.4, -0.2) is 20.8 Å². The van der Waals surface area contributed by atoms with Gasteiger partial charge in [0.2, 0.25) is 0 Å². The van der Waals surface area contributed by atoms with Gasteiger partial charge >= 0.3 is 0 Å². The Morgan fingerprint density at radius 2 is 1.80 bits per heavy atom. The molecule has 6 nitrogen and oxygen atoms in total. The van der Waals surface area contributed by atoms with Gasteiger partial charge in [-0.15, -0.1) is 0 Å². The van der Waals surface area contributed by atoms with Gasteiger partial charge in [0, 0.05) is 23.4 Å². The molecule has 2 aromatic carbocycles. The second kappa shape index (κ2) is 8.34. The van der Waals surface area contributed by atoms with E-state index in [1.54, 1.807) is 28.9 Å². The Kier molecular flexibility index (Phi) is 5.61. The zero-order valence-electron chi connectivity index (χ0n) is 16.3. The Balaban J connectivity index is 1.47. The van der Waals surface area contributed by atoms with E-state index in [-0.39, 0.29) is 5.69 Å². The summed E-state index contributed by atoms with van der Waals surface area (Å²) in [6.07, 6.45) is 0. The van der Waals surface area contributed by atoms with Gasteiger partial charge in [-0.3, -0.25) is 9.48 Å². The molecule has 30 heavy (non-hydrogen) atoms. The van der Waals surface area contributed by atoms with E-state index in [2.05, 4.69) is 15.6 Å². The molecule has 0 aliphatic carbocycles. The van der Waals surface area contributed by atoms with E-state index in [9.17, 15) is 4.79 Å². The molecule has 4 rings (SSSR count). The first kappa shape index (κ1) is 20.2. The van der Waals surface area contributed by atoms with Crippen molar-refractivity contribution in [2.24, 2.45) is 0 Å². The maximum Gasteiger partial charge on any atom is 0.279 e. The maximum atomic E-state index is 12.6. The van der Waals surface area contributed by atoms with Gasteiger partial charge in [-0.05, 0) is 31.5 Å². The van der Waals surface area contributed by atoms with Gasteiger partial charge in [0.1, 0.15) is 0 Å². The predicted octanol–water partition coefficient (Wildman–Crippen LogP) is 5.76. The van der Waals surface area contributed by atoms with Gasteiger partial charge in [0.25, 0.3) is 5.91 Å². The van der Waals surface area contributed by atoms with Crippen molar-refractivity contribution in [2.75, 3.05) is 5.32 Å². The molecule has 0 spiro atoms. The van der Waals surface area contributed by atoms with Gasteiger partial charge in [-0.1, -0.05) is 64.3 Å². The van der Waals surface area contributed by atoms with E-state index in [1.807, 2.05) is 44.2 Å². The highest BCUT2D eigenvalue weighted by molar-refractivity contribution is 6.42. The van der Waals surface area contributed by atoms with Crippen molar-refractivity contribution in [3.63, 3.8) is 0 Å². The van der Waals surface area contributed by atoms with Crippen LogP contribution in [0.2, 0.25) is 10.0 Å². The molecule has 0 aliphatic rings. The van der Waals surface area contributed by atoms with Crippen molar-refractivity contribution in [2.45, 2.75) is 20.4 Å². The van der Waals surface area contributed by atoms with Crippen molar-refractivity contribution in [1.29, 1.82) is 0 Å². The summed E-state index contributed by atoms with van der Waals surface area (Å²) in [4.78, 5) is 12.6. The number of nitrogens with one attached hydrogen (secondary N) is 1. The van der Waals surface area contributed by atoms with Gasteiger partial charge in [0.15, 0.2) is 17.3 Å². The number of nitrogens with zero attached hydrogens (tertiary/aromatic N) is 3. The largest absolute Gasteiger partial charge is 0.355 e. The number of carbonyl (C=O) groups excluding carboxylic acids is 1. The smallest absolute Gasteiger partial charge is 0.279 e. The topological polar surface area (TPSA) is 73.0 Å². The number of amides is 1. The molecular weight excluding hydrogens is 423 g/mol. The highest BCUT2D eigenvalue weighted by Gasteiger charge is 2.16. The molecule has 0 saturated carbocycles. The number of halogens is 2.